The Hall–Kier alpha value is -5.03. The summed E-state index contributed by atoms with van der Waals surface area (Å²) in [4.78, 5) is 45.7. The number of carbonyl (C=O) groups is 3. The Kier molecular flexibility index (Phi) is 7.09. The van der Waals surface area contributed by atoms with Crippen molar-refractivity contribution in [3.63, 3.8) is 0 Å². The fourth-order valence-corrected chi connectivity index (χ4v) is 4.24. The van der Waals surface area contributed by atoms with E-state index in [0.29, 0.717) is 16.8 Å². The van der Waals surface area contributed by atoms with Crippen LogP contribution in [0.4, 0.5) is 0 Å². The minimum Gasteiger partial charge on any atom is -0.344 e. The molecule has 0 radical (unpaired) electrons. The van der Waals surface area contributed by atoms with E-state index in [9.17, 15) is 14.4 Å². The molecule has 0 unspecified atom stereocenters. The number of hydrogen-bond donors (Lipinski definition) is 3. The molecule has 0 spiro atoms. The van der Waals surface area contributed by atoms with Gasteiger partial charge >= 0.3 is 11.8 Å². The highest BCUT2D eigenvalue weighted by molar-refractivity contribution is 6.35. The summed E-state index contributed by atoms with van der Waals surface area (Å²) in [6, 6.07) is 21.5. The van der Waals surface area contributed by atoms with Crippen LogP contribution in [0.3, 0.4) is 0 Å². The lowest BCUT2D eigenvalue weighted by Gasteiger charge is -2.20. The number of carbonyl (C=O) groups excluding carboxylic acids is 3. The Balaban J connectivity index is 1.19. The summed E-state index contributed by atoms with van der Waals surface area (Å²) in [6.45, 7) is 0.0166. The maximum Gasteiger partial charge on any atom is 0.310 e. The summed E-state index contributed by atoms with van der Waals surface area (Å²) in [5, 5.41) is 10.5. The number of nitrogens with zero attached hydrogens (tertiary/aromatic N) is 2. The van der Waals surface area contributed by atoms with Gasteiger partial charge in [-0.2, -0.15) is 0 Å². The highest BCUT2D eigenvalue weighted by atomic mass is 16.2. The standard InChI is InChI=1S/C30H25N5O3/c36-27(35-30(13-14-30)24-12-11-21-6-1-2-7-22(21)18-24)26-10-4-3-8-23(26)19-34-29(38)28(37)33-15-5-9-25-20-31-16-17-32-25/h1-4,6-8,10-12,16-18,20H,13-15,19H2,(H,33,37)(H,34,38)(H,35,36). The van der Waals surface area contributed by atoms with Crippen LogP contribution in [0.25, 0.3) is 10.8 Å². The minimum absolute atomic E-state index is 0.0152. The van der Waals surface area contributed by atoms with Crippen molar-refractivity contribution in [1.29, 1.82) is 0 Å². The molecule has 8 nitrogen and oxygen atoms in total. The number of rotatable bonds is 6. The summed E-state index contributed by atoms with van der Waals surface area (Å²) < 4.78 is 0. The maximum absolute atomic E-state index is 13.3. The Bertz CT molecular complexity index is 1570. The van der Waals surface area contributed by atoms with Crippen LogP contribution in [0.5, 0.6) is 0 Å². The molecule has 1 aliphatic carbocycles. The highest BCUT2D eigenvalue weighted by Crippen LogP contribution is 2.46. The normalized spacial score (nSPS) is 13.1. The molecule has 4 aromatic rings. The fourth-order valence-electron chi connectivity index (χ4n) is 4.24. The summed E-state index contributed by atoms with van der Waals surface area (Å²) in [5.41, 5.74) is 2.21. The van der Waals surface area contributed by atoms with Crippen LogP contribution in [0.1, 0.15) is 40.0 Å². The quantitative estimate of drug-likeness (QED) is 0.277. The smallest absolute Gasteiger partial charge is 0.310 e. The van der Waals surface area contributed by atoms with Gasteiger partial charge in [0.1, 0.15) is 5.69 Å². The van der Waals surface area contributed by atoms with Crippen LogP contribution < -0.4 is 16.0 Å². The zero-order valence-electron chi connectivity index (χ0n) is 20.5. The number of aromatic nitrogens is 2. The van der Waals surface area contributed by atoms with E-state index in [-0.39, 0.29) is 19.0 Å². The Morgan fingerprint density at radius 1 is 0.868 bits per heavy atom. The third-order valence-electron chi connectivity index (χ3n) is 6.43. The first-order chi connectivity index (χ1) is 18.5. The molecule has 1 heterocycles. The number of nitrogens with one attached hydrogen (secondary N) is 3. The Morgan fingerprint density at radius 3 is 2.42 bits per heavy atom. The van der Waals surface area contributed by atoms with Gasteiger partial charge in [0.05, 0.1) is 18.3 Å². The SMILES string of the molecule is O=C(NCC#Cc1cnccn1)C(=O)NCc1ccccc1C(=O)NC1(c2ccc3ccccc3c2)CC1. The van der Waals surface area contributed by atoms with Crippen molar-refractivity contribution in [2.24, 2.45) is 0 Å². The average Bonchev–Trinajstić information content (AvgIpc) is 3.74. The molecule has 188 valence electrons. The van der Waals surface area contributed by atoms with E-state index in [1.165, 1.54) is 18.6 Å². The summed E-state index contributed by atoms with van der Waals surface area (Å²) in [7, 11) is 0. The lowest BCUT2D eigenvalue weighted by Crippen LogP contribution is -2.40. The molecule has 0 bridgehead atoms. The van der Waals surface area contributed by atoms with Crippen LogP contribution in [0, 0.1) is 11.8 Å². The molecule has 5 rings (SSSR count). The molecular weight excluding hydrogens is 478 g/mol. The first kappa shape index (κ1) is 24.7. The van der Waals surface area contributed by atoms with E-state index in [4.69, 9.17) is 0 Å². The van der Waals surface area contributed by atoms with E-state index in [0.717, 1.165) is 29.2 Å². The number of fused-ring (bicyclic) bond motifs is 1. The van der Waals surface area contributed by atoms with Gasteiger partial charge in [0.15, 0.2) is 0 Å². The van der Waals surface area contributed by atoms with E-state index in [1.807, 2.05) is 12.1 Å². The van der Waals surface area contributed by atoms with E-state index in [1.54, 1.807) is 24.3 Å². The van der Waals surface area contributed by atoms with Gasteiger partial charge in [-0.05, 0) is 52.8 Å². The molecule has 3 aromatic carbocycles. The van der Waals surface area contributed by atoms with Gasteiger partial charge in [-0.15, -0.1) is 0 Å². The predicted molar refractivity (Wildman–Crippen MR) is 143 cm³/mol. The van der Waals surface area contributed by atoms with E-state index in [2.05, 4.69) is 68.1 Å². The van der Waals surface area contributed by atoms with Crippen LogP contribution in [-0.4, -0.2) is 34.2 Å². The van der Waals surface area contributed by atoms with Crippen LogP contribution >= 0.6 is 0 Å². The van der Waals surface area contributed by atoms with Crippen molar-refractivity contribution in [2.45, 2.75) is 24.9 Å². The topological polar surface area (TPSA) is 113 Å². The van der Waals surface area contributed by atoms with Crippen molar-refractivity contribution in [3.8, 4) is 11.8 Å². The van der Waals surface area contributed by atoms with E-state index >= 15 is 0 Å². The zero-order chi connectivity index (χ0) is 26.4. The second-order valence-electron chi connectivity index (χ2n) is 9.01. The van der Waals surface area contributed by atoms with Crippen LogP contribution in [0.2, 0.25) is 0 Å². The van der Waals surface area contributed by atoms with Crippen molar-refractivity contribution in [1.82, 2.24) is 25.9 Å². The summed E-state index contributed by atoms with van der Waals surface area (Å²) in [5.74, 6) is 3.63. The van der Waals surface area contributed by atoms with Gasteiger partial charge in [-0.1, -0.05) is 60.5 Å². The minimum atomic E-state index is -0.811. The van der Waals surface area contributed by atoms with Gasteiger partial charge in [0, 0.05) is 24.5 Å². The molecular formula is C30H25N5O3. The molecule has 1 aliphatic rings. The number of benzene rings is 3. The molecule has 0 saturated heterocycles. The number of amides is 3. The van der Waals surface area contributed by atoms with Crippen LogP contribution in [-0.2, 0) is 21.7 Å². The molecule has 0 aliphatic heterocycles. The van der Waals surface area contributed by atoms with Crippen molar-refractivity contribution < 1.29 is 14.4 Å². The molecule has 8 heteroatoms. The first-order valence-electron chi connectivity index (χ1n) is 12.2. The maximum atomic E-state index is 13.3. The van der Waals surface area contributed by atoms with Gasteiger partial charge in [-0.25, -0.2) is 4.98 Å². The van der Waals surface area contributed by atoms with E-state index < -0.39 is 17.4 Å². The first-order valence-corrected chi connectivity index (χ1v) is 12.2. The fraction of sp³-hybridized carbons (Fsp3) is 0.167. The highest BCUT2D eigenvalue weighted by Gasteiger charge is 2.46. The third-order valence-corrected chi connectivity index (χ3v) is 6.43. The van der Waals surface area contributed by atoms with Gasteiger partial charge in [0.25, 0.3) is 5.91 Å². The summed E-state index contributed by atoms with van der Waals surface area (Å²) >= 11 is 0. The molecule has 0 atom stereocenters. The van der Waals surface area contributed by atoms with Crippen molar-refractivity contribution >= 4 is 28.5 Å². The van der Waals surface area contributed by atoms with Crippen molar-refractivity contribution in [3.05, 3.63) is 108 Å². The third kappa shape index (κ3) is 5.68. The lowest BCUT2D eigenvalue weighted by molar-refractivity contribution is -0.139. The molecule has 1 aromatic heterocycles. The van der Waals surface area contributed by atoms with Gasteiger partial charge in [-0.3, -0.25) is 19.4 Å². The monoisotopic (exact) mass is 503 g/mol. The Labute approximate surface area is 219 Å². The second-order valence-corrected chi connectivity index (χ2v) is 9.01. The second kappa shape index (κ2) is 10.9. The molecule has 1 fully saturated rings. The van der Waals surface area contributed by atoms with Gasteiger partial charge in [0.2, 0.25) is 0 Å². The molecule has 3 amide bonds. The predicted octanol–water partition coefficient (Wildman–Crippen LogP) is 2.83. The molecule has 3 N–H and O–H groups in total. The molecule has 38 heavy (non-hydrogen) atoms. The average molecular weight is 504 g/mol. The Morgan fingerprint density at radius 2 is 1.63 bits per heavy atom. The lowest BCUT2D eigenvalue weighted by atomic mass is 9.99. The number of hydrogen-bond acceptors (Lipinski definition) is 5. The van der Waals surface area contributed by atoms with Gasteiger partial charge < -0.3 is 16.0 Å². The largest absolute Gasteiger partial charge is 0.344 e. The van der Waals surface area contributed by atoms with Crippen LogP contribution in [0.15, 0.2) is 85.3 Å². The van der Waals surface area contributed by atoms with Crippen molar-refractivity contribution in [2.75, 3.05) is 6.54 Å². The summed E-state index contributed by atoms with van der Waals surface area (Å²) in [6.07, 6.45) is 6.27. The molecule has 1 saturated carbocycles. The zero-order valence-corrected chi connectivity index (χ0v) is 20.5.